The second-order valence-electron chi connectivity index (χ2n) is 7.00. The van der Waals surface area contributed by atoms with E-state index >= 15 is 0 Å². The minimum absolute atomic E-state index is 0.522. The van der Waals surface area contributed by atoms with Gasteiger partial charge in [-0.15, -0.1) is 0 Å². The molecule has 1 aliphatic carbocycles. The molecule has 1 aliphatic rings. The zero-order chi connectivity index (χ0) is 15.9. The molecule has 0 aromatic rings. The molecule has 0 heterocycles. The first-order valence-electron chi connectivity index (χ1n) is 8.21. The van der Waals surface area contributed by atoms with E-state index in [2.05, 4.69) is 58.1 Å². The first-order valence-corrected chi connectivity index (χ1v) is 8.21. The lowest BCUT2D eigenvalue weighted by Crippen LogP contribution is -2.22. The van der Waals surface area contributed by atoms with Crippen LogP contribution in [0.2, 0.25) is 0 Å². The quantitative estimate of drug-likeness (QED) is 0.624. The molecule has 0 saturated carbocycles. The molecule has 0 aromatic heterocycles. The van der Waals surface area contributed by atoms with E-state index in [0.29, 0.717) is 11.8 Å². The van der Waals surface area contributed by atoms with Crippen molar-refractivity contribution in [3.05, 3.63) is 47.6 Å². The number of allylic oxidation sites excluding steroid dienone is 7. The van der Waals surface area contributed by atoms with E-state index in [1.165, 1.54) is 11.1 Å². The standard InChI is InChI=1S/C20H32O/c1-16(2)19-12-11-18(4)9-6-8-17(3)10-7-14-20(5,21)15-13-19/h7-9,11-12,14,16,19,21H,6,10,13,15H2,1-5H3/b12-11+,14-7+,17-8+,18-9-/t19-,20+/m0/s1. The van der Waals surface area contributed by atoms with Crippen molar-refractivity contribution in [2.45, 2.75) is 65.9 Å². The Bertz CT molecular complexity index is 433. The Morgan fingerprint density at radius 1 is 1.24 bits per heavy atom. The summed E-state index contributed by atoms with van der Waals surface area (Å²) in [6.45, 7) is 10.8. The molecule has 1 heteroatoms. The van der Waals surface area contributed by atoms with Crippen molar-refractivity contribution in [3.8, 4) is 0 Å². The van der Waals surface area contributed by atoms with Gasteiger partial charge in [0.1, 0.15) is 0 Å². The van der Waals surface area contributed by atoms with Gasteiger partial charge in [-0.25, -0.2) is 0 Å². The molecule has 0 unspecified atom stereocenters. The highest BCUT2D eigenvalue weighted by atomic mass is 16.3. The molecule has 0 bridgehead atoms. The SMILES string of the molecule is CC1=C/C/C=C(\C)C/C=C/[C@@](C)(O)CC[C@@H](C(C)C)\C=C\1. The number of hydrogen-bond donors (Lipinski definition) is 1. The lowest BCUT2D eigenvalue weighted by Gasteiger charge is -2.24. The van der Waals surface area contributed by atoms with Crippen LogP contribution in [0.3, 0.4) is 0 Å². The topological polar surface area (TPSA) is 20.2 Å². The molecular weight excluding hydrogens is 256 g/mol. The normalized spacial score (nSPS) is 37.0. The maximum absolute atomic E-state index is 10.5. The van der Waals surface area contributed by atoms with Crippen molar-refractivity contribution >= 4 is 0 Å². The van der Waals surface area contributed by atoms with Gasteiger partial charge in [-0.1, -0.05) is 61.4 Å². The summed E-state index contributed by atoms with van der Waals surface area (Å²) >= 11 is 0. The van der Waals surface area contributed by atoms with Crippen LogP contribution in [0.5, 0.6) is 0 Å². The van der Waals surface area contributed by atoms with Gasteiger partial charge < -0.3 is 5.11 Å². The van der Waals surface area contributed by atoms with Gasteiger partial charge >= 0.3 is 0 Å². The smallest absolute Gasteiger partial charge is 0.0800 e. The molecule has 21 heavy (non-hydrogen) atoms. The second-order valence-corrected chi connectivity index (χ2v) is 7.00. The predicted molar refractivity (Wildman–Crippen MR) is 93.2 cm³/mol. The van der Waals surface area contributed by atoms with Crippen molar-refractivity contribution in [1.29, 1.82) is 0 Å². The summed E-state index contributed by atoms with van der Waals surface area (Å²) in [4.78, 5) is 0. The monoisotopic (exact) mass is 288 g/mol. The average Bonchev–Trinajstić information content (AvgIpc) is 2.37. The Morgan fingerprint density at radius 3 is 2.62 bits per heavy atom. The summed E-state index contributed by atoms with van der Waals surface area (Å²) in [7, 11) is 0. The lowest BCUT2D eigenvalue weighted by atomic mass is 9.86. The van der Waals surface area contributed by atoms with Crippen LogP contribution in [0.4, 0.5) is 0 Å². The van der Waals surface area contributed by atoms with E-state index in [1.54, 1.807) is 0 Å². The van der Waals surface area contributed by atoms with E-state index in [9.17, 15) is 5.11 Å². The van der Waals surface area contributed by atoms with Gasteiger partial charge in [-0.3, -0.25) is 0 Å². The first-order chi connectivity index (χ1) is 9.80. The fourth-order valence-corrected chi connectivity index (χ4v) is 2.57. The Balaban J connectivity index is 2.95. The molecule has 0 saturated heterocycles. The molecule has 1 rings (SSSR count). The predicted octanol–water partition coefficient (Wildman–Crippen LogP) is 5.59. The van der Waals surface area contributed by atoms with E-state index in [0.717, 1.165) is 25.7 Å². The Labute approximate surface area is 131 Å². The van der Waals surface area contributed by atoms with Crippen LogP contribution in [0.1, 0.15) is 60.3 Å². The number of aliphatic hydroxyl groups is 1. The van der Waals surface area contributed by atoms with Crippen LogP contribution in [0.25, 0.3) is 0 Å². The van der Waals surface area contributed by atoms with E-state index < -0.39 is 5.60 Å². The van der Waals surface area contributed by atoms with Gasteiger partial charge in [0.2, 0.25) is 0 Å². The molecule has 0 aliphatic heterocycles. The average molecular weight is 288 g/mol. The molecule has 1 N–H and O–H groups in total. The molecule has 2 atom stereocenters. The zero-order valence-corrected chi connectivity index (χ0v) is 14.4. The van der Waals surface area contributed by atoms with Gasteiger partial charge in [0.15, 0.2) is 0 Å². The third kappa shape index (κ3) is 7.47. The van der Waals surface area contributed by atoms with Crippen LogP contribution in [-0.4, -0.2) is 10.7 Å². The third-order valence-corrected chi connectivity index (χ3v) is 4.27. The minimum atomic E-state index is -0.698. The fraction of sp³-hybridized carbons (Fsp3) is 0.600. The molecular formula is C20H32O. The Kier molecular flexibility index (Phi) is 7.17. The van der Waals surface area contributed by atoms with Crippen LogP contribution in [0, 0.1) is 11.8 Å². The Hall–Kier alpha value is -1.08. The maximum atomic E-state index is 10.5. The maximum Gasteiger partial charge on any atom is 0.0800 e. The molecule has 0 spiro atoms. The number of rotatable bonds is 1. The van der Waals surface area contributed by atoms with Gasteiger partial charge in [0.05, 0.1) is 5.60 Å². The molecule has 0 amide bonds. The van der Waals surface area contributed by atoms with Crippen LogP contribution in [-0.2, 0) is 0 Å². The van der Waals surface area contributed by atoms with Crippen LogP contribution >= 0.6 is 0 Å². The van der Waals surface area contributed by atoms with Crippen LogP contribution in [0.15, 0.2) is 47.6 Å². The van der Waals surface area contributed by atoms with Crippen molar-refractivity contribution in [3.63, 3.8) is 0 Å². The third-order valence-electron chi connectivity index (χ3n) is 4.27. The van der Waals surface area contributed by atoms with Crippen molar-refractivity contribution in [2.24, 2.45) is 11.8 Å². The molecule has 118 valence electrons. The van der Waals surface area contributed by atoms with E-state index in [4.69, 9.17) is 0 Å². The molecule has 0 fully saturated rings. The van der Waals surface area contributed by atoms with Gasteiger partial charge in [-0.05, 0) is 58.3 Å². The summed E-state index contributed by atoms with van der Waals surface area (Å²) in [6, 6.07) is 0. The highest BCUT2D eigenvalue weighted by Crippen LogP contribution is 2.25. The largest absolute Gasteiger partial charge is 0.386 e. The van der Waals surface area contributed by atoms with Gasteiger partial charge in [0, 0.05) is 0 Å². The zero-order valence-electron chi connectivity index (χ0n) is 14.4. The summed E-state index contributed by atoms with van der Waals surface area (Å²) in [5, 5.41) is 10.5. The van der Waals surface area contributed by atoms with Gasteiger partial charge in [-0.2, -0.15) is 0 Å². The molecule has 0 aromatic carbocycles. The summed E-state index contributed by atoms with van der Waals surface area (Å²) in [5.74, 6) is 1.12. The van der Waals surface area contributed by atoms with Crippen molar-refractivity contribution in [2.75, 3.05) is 0 Å². The second kappa shape index (κ2) is 8.38. The Morgan fingerprint density at radius 2 is 1.95 bits per heavy atom. The van der Waals surface area contributed by atoms with Crippen molar-refractivity contribution < 1.29 is 5.11 Å². The lowest BCUT2D eigenvalue weighted by molar-refractivity contribution is 0.0931. The fourth-order valence-electron chi connectivity index (χ4n) is 2.57. The van der Waals surface area contributed by atoms with E-state index in [-0.39, 0.29) is 0 Å². The summed E-state index contributed by atoms with van der Waals surface area (Å²) in [5.41, 5.74) is 1.98. The molecule has 1 nitrogen and oxygen atoms in total. The van der Waals surface area contributed by atoms with Gasteiger partial charge in [0.25, 0.3) is 0 Å². The number of hydrogen-bond acceptors (Lipinski definition) is 1. The molecule has 0 radical (unpaired) electrons. The summed E-state index contributed by atoms with van der Waals surface area (Å²) in [6.07, 6.45) is 16.9. The van der Waals surface area contributed by atoms with E-state index in [1.807, 2.05) is 13.0 Å². The highest BCUT2D eigenvalue weighted by molar-refractivity contribution is 5.19. The minimum Gasteiger partial charge on any atom is -0.386 e. The highest BCUT2D eigenvalue weighted by Gasteiger charge is 2.19. The first kappa shape index (κ1) is 18.0. The van der Waals surface area contributed by atoms with Crippen LogP contribution < -0.4 is 0 Å². The summed E-state index contributed by atoms with van der Waals surface area (Å²) < 4.78 is 0. The van der Waals surface area contributed by atoms with Crippen molar-refractivity contribution in [1.82, 2.24) is 0 Å².